The number of imidazole rings is 2. The predicted molar refractivity (Wildman–Crippen MR) is 189 cm³/mol. The molecule has 51 heavy (non-hydrogen) atoms. The van der Waals surface area contributed by atoms with Crippen LogP contribution in [0.3, 0.4) is 0 Å². The molecular weight excluding hydrogens is 770 g/mol. The van der Waals surface area contributed by atoms with Crippen LogP contribution in [-0.4, -0.2) is 102 Å². The zero-order chi connectivity index (χ0) is 36.7. The maximum Gasteiger partial charge on any atom is 0.386 e. The quantitative estimate of drug-likeness (QED) is 0.131. The van der Waals surface area contributed by atoms with Crippen molar-refractivity contribution in [1.29, 1.82) is 0 Å². The maximum atomic E-state index is 16.3. The van der Waals surface area contributed by atoms with Crippen molar-refractivity contribution in [1.82, 2.24) is 39.0 Å². The summed E-state index contributed by atoms with van der Waals surface area (Å²) in [6.07, 6.45) is -5.37. The van der Waals surface area contributed by atoms with Crippen molar-refractivity contribution in [3.05, 3.63) is 25.3 Å². The van der Waals surface area contributed by atoms with Crippen molar-refractivity contribution in [3.63, 3.8) is 0 Å². The lowest BCUT2D eigenvalue weighted by Crippen LogP contribution is -2.50. The molecule has 3 aliphatic heterocycles. The van der Waals surface area contributed by atoms with E-state index in [2.05, 4.69) is 42.2 Å². The van der Waals surface area contributed by atoms with Gasteiger partial charge in [-0.25, -0.2) is 38.9 Å². The third kappa shape index (κ3) is 6.97. The number of fused-ring (bicyclic) bond motifs is 5. The molecule has 4 aromatic heterocycles. The molecule has 2 bridgehead atoms. The fraction of sp³-hybridized carbons (Fsp3) is 0.615. The number of halogens is 1. The van der Waals surface area contributed by atoms with Crippen LogP contribution >= 0.6 is 25.8 Å². The Morgan fingerprint density at radius 1 is 0.922 bits per heavy atom. The average molecular weight is 807 g/mol. The minimum absolute atomic E-state index is 0.0762. The van der Waals surface area contributed by atoms with Crippen LogP contribution in [0.25, 0.3) is 22.3 Å². The Labute approximate surface area is 302 Å². The summed E-state index contributed by atoms with van der Waals surface area (Å²) in [6, 6.07) is 0. The third-order valence-electron chi connectivity index (χ3n) is 9.43. The van der Waals surface area contributed by atoms with Gasteiger partial charge < -0.3 is 34.8 Å². The first-order valence-corrected chi connectivity index (χ1v) is 23.9. The minimum Gasteiger partial charge on any atom is -0.408 e. The van der Waals surface area contributed by atoms with Crippen LogP contribution in [0, 0.1) is 0 Å². The lowest BCUT2D eigenvalue weighted by Gasteiger charge is -2.40. The molecule has 3 aliphatic rings. The number of anilines is 2. The highest BCUT2D eigenvalue weighted by atomic mass is 32.7. The first-order chi connectivity index (χ1) is 23.9. The molecule has 10 atom stereocenters. The van der Waals surface area contributed by atoms with Gasteiger partial charge in [0.25, 0.3) is 0 Å². The minimum atomic E-state index is -4.35. The summed E-state index contributed by atoms with van der Waals surface area (Å²) >= 11 is 9.70. The normalized spacial score (nSPS) is 35.4. The number of nitrogen functional groups attached to an aromatic ring is 2. The van der Waals surface area contributed by atoms with E-state index >= 15 is 4.39 Å². The second-order valence-corrected chi connectivity index (χ2v) is 24.2. The molecule has 7 rings (SSSR count). The van der Waals surface area contributed by atoms with Crippen molar-refractivity contribution in [2.24, 2.45) is 0 Å². The van der Waals surface area contributed by atoms with Crippen molar-refractivity contribution in [3.8, 4) is 0 Å². The highest BCUT2D eigenvalue weighted by Crippen LogP contribution is 2.59. The van der Waals surface area contributed by atoms with Gasteiger partial charge in [0.15, 0.2) is 49.9 Å². The molecule has 2 unspecified atom stereocenters. The van der Waals surface area contributed by atoms with Gasteiger partial charge in [0.1, 0.15) is 54.2 Å². The van der Waals surface area contributed by atoms with E-state index in [1.807, 2.05) is 33.9 Å². The SMILES string of the molecule is CC(C)(C)[Si](C)(C)O[C@H]1[C@H]2OP(=O)(S)OC[C@H]3O[C@@H](n4cnc5c(N)ncnc54)[C@H](F)[C@@H]3OP(O)(=S)OC[C@H]1O[C@H]2n1cnc2c(N)ncnc21. The molecule has 5 N–H and O–H groups in total. The first-order valence-electron chi connectivity index (χ1n) is 15.7. The van der Waals surface area contributed by atoms with E-state index in [1.54, 1.807) is 0 Å². The van der Waals surface area contributed by atoms with Gasteiger partial charge in [-0.3, -0.25) is 22.7 Å². The molecule has 0 aromatic carbocycles. The average Bonchev–Trinajstić information content (AvgIpc) is 3.80. The molecule has 0 saturated carbocycles. The van der Waals surface area contributed by atoms with Gasteiger partial charge in [-0.2, -0.15) is 0 Å². The van der Waals surface area contributed by atoms with Gasteiger partial charge in [0, 0.05) is 0 Å². The second kappa shape index (κ2) is 13.3. The number of thiol groups is 1. The van der Waals surface area contributed by atoms with Crippen LogP contribution in [0.4, 0.5) is 16.0 Å². The van der Waals surface area contributed by atoms with Crippen LogP contribution in [0.5, 0.6) is 0 Å². The van der Waals surface area contributed by atoms with E-state index in [4.69, 9.17) is 55.3 Å². The number of aromatic nitrogens is 8. The molecule has 7 heterocycles. The number of hydrogen-bond acceptors (Lipinski definition) is 17. The molecule has 0 radical (unpaired) electrons. The van der Waals surface area contributed by atoms with Crippen LogP contribution in [-0.2, 0) is 48.4 Å². The number of ether oxygens (including phenoxy) is 2. The Balaban J connectivity index is 1.25. The summed E-state index contributed by atoms with van der Waals surface area (Å²) in [5, 5.41) is -0.289. The smallest absolute Gasteiger partial charge is 0.386 e. The van der Waals surface area contributed by atoms with Gasteiger partial charge in [-0.15, -0.1) is 0 Å². The van der Waals surface area contributed by atoms with Gasteiger partial charge in [0.2, 0.25) is 0 Å². The van der Waals surface area contributed by atoms with Crippen LogP contribution in [0.2, 0.25) is 18.1 Å². The molecule has 3 fully saturated rings. The van der Waals surface area contributed by atoms with Crippen LogP contribution < -0.4 is 11.5 Å². The largest absolute Gasteiger partial charge is 0.408 e. The zero-order valence-electron chi connectivity index (χ0n) is 27.9. The highest BCUT2D eigenvalue weighted by Gasteiger charge is 2.56. The fourth-order valence-electron chi connectivity index (χ4n) is 5.83. The Hall–Kier alpha value is -2.24. The number of hydrogen-bond donors (Lipinski definition) is 4. The molecule has 278 valence electrons. The molecule has 0 aliphatic carbocycles. The zero-order valence-corrected chi connectivity index (χ0v) is 32.4. The van der Waals surface area contributed by atoms with E-state index in [-0.39, 0.29) is 27.8 Å². The summed E-state index contributed by atoms with van der Waals surface area (Å²) in [4.78, 5) is 36.3. The van der Waals surface area contributed by atoms with Crippen molar-refractivity contribution >= 4 is 79.9 Å². The Morgan fingerprint density at radius 2 is 1.47 bits per heavy atom. The van der Waals surface area contributed by atoms with E-state index < -0.39 is 84.2 Å². The van der Waals surface area contributed by atoms with Crippen LogP contribution in [0.1, 0.15) is 33.2 Å². The summed E-state index contributed by atoms with van der Waals surface area (Å²) in [5.74, 6) is 0.203. The predicted octanol–water partition coefficient (Wildman–Crippen LogP) is 3.43. The monoisotopic (exact) mass is 806 g/mol. The lowest BCUT2D eigenvalue weighted by molar-refractivity contribution is -0.0583. The molecule has 19 nitrogen and oxygen atoms in total. The van der Waals surface area contributed by atoms with Crippen molar-refractivity contribution in [2.75, 3.05) is 24.7 Å². The van der Waals surface area contributed by atoms with E-state index in [0.717, 1.165) is 0 Å². The van der Waals surface area contributed by atoms with Gasteiger partial charge >= 0.3 is 13.5 Å². The van der Waals surface area contributed by atoms with Gasteiger partial charge in [-0.1, -0.05) is 33.0 Å². The number of alkyl halides is 1. The molecule has 0 amide bonds. The Morgan fingerprint density at radius 3 is 2.06 bits per heavy atom. The first kappa shape index (κ1) is 37.1. The van der Waals surface area contributed by atoms with Crippen molar-refractivity contribution < 1.29 is 45.8 Å². The number of nitrogens with two attached hydrogens (primary N) is 2. The van der Waals surface area contributed by atoms with E-state index in [1.165, 1.54) is 34.4 Å². The summed E-state index contributed by atoms with van der Waals surface area (Å²) in [5.41, 5.74) is 13.0. The highest BCUT2D eigenvalue weighted by molar-refractivity contribution is 8.44. The summed E-state index contributed by atoms with van der Waals surface area (Å²) < 4.78 is 76.2. The van der Waals surface area contributed by atoms with Gasteiger partial charge in [-0.05, 0) is 29.9 Å². The standard InChI is InChI=1S/C26H37FN10O9P2S2Si/c1-26(2,3)51(4,5)46-18-13-7-41-47(38,49)44-17-12(42-24(14(17)27)36-10-34-15-20(28)30-8-32-22(15)36)6-40-48(39,50)45-19(18)25(43-13)37-11-35-16-21(29)31-9-33-23(16)37/h8-14,17-19,24-25H,6-7H2,1-5H3,(H,38,49)(H,39,50)(H2,28,30,32)(H2,29,31,33)/t12-,13-,14-,17-,18-,19-,24-,25-,47?,48?/m1/s1. The number of nitrogens with zero attached hydrogens (tertiary/aromatic N) is 8. The van der Waals surface area contributed by atoms with E-state index in [0.29, 0.717) is 11.2 Å². The Bertz CT molecular complexity index is 2060. The van der Waals surface area contributed by atoms with Crippen molar-refractivity contribution in [2.45, 2.75) is 88.1 Å². The molecule has 0 spiro atoms. The summed E-state index contributed by atoms with van der Waals surface area (Å²) in [7, 11) is -2.63. The van der Waals surface area contributed by atoms with E-state index in [9.17, 15) is 9.46 Å². The summed E-state index contributed by atoms with van der Waals surface area (Å²) in [6.45, 7) is 0.591. The molecule has 3 saturated heterocycles. The van der Waals surface area contributed by atoms with Crippen LogP contribution in [0.15, 0.2) is 25.3 Å². The molecule has 25 heteroatoms. The number of rotatable bonds is 4. The fourth-order valence-corrected chi connectivity index (χ4v) is 10.0. The molecular formula is C26H37FN10O9P2S2Si. The van der Waals surface area contributed by atoms with Gasteiger partial charge in [0.05, 0.1) is 25.9 Å². The third-order valence-corrected chi connectivity index (χ3v) is 17.1. The molecule has 4 aromatic rings. The topological polar surface area (TPSA) is 241 Å². The lowest BCUT2D eigenvalue weighted by atomic mass is 10.1. The maximum absolute atomic E-state index is 16.3. The second-order valence-electron chi connectivity index (χ2n) is 13.8. The Kier molecular flexibility index (Phi) is 9.64.